The lowest BCUT2D eigenvalue weighted by molar-refractivity contribution is -0.384. The normalized spacial score (nSPS) is 11.9. The second-order valence-electron chi connectivity index (χ2n) is 4.98. The van der Waals surface area contributed by atoms with E-state index in [0.29, 0.717) is 17.2 Å². The van der Waals surface area contributed by atoms with E-state index in [9.17, 15) is 10.1 Å². The molecule has 0 N–H and O–H groups in total. The summed E-state index contributed by atoms with van der Waals surface area (Å²) in [7, 11) is 0. The Kier molecular flexibility index (Phi) is 4.57. The van der Waals surface area contributed by atoms with Crippen LogP contribution in [0.15, 0.2) is 57.5 Å². The molecule has 24 heavy (non-hydrogen) atoms. The van der Waals surface area contributed by atoms with Crippen LogP contribution in [-0.4, -0.2) is 15.1 Å². The Morgan fingerprint density at radius 3 is 2.71 bits per heavy atom. The van der Waals surface area contributed by atoms with Crippen molar-refractivity contribution in [2.24, 2.45) is 0 Å². The first-order valence-electron chi connectivity index (χ1n) is 7.03. The largest absolute Gasteiger partial charge is 0.481 e. The molecule has 0 spiro atoms. The molecule has 3 aromatic rings. The highest BCUT2D eigenvalue weighted by molar-refractivity contribution is 9.10. The number of benzene rings is 2. The summed E-state index contributed by atoms with van der Waals surface area (Å²) in [5, 5.41) is 14.7. The lowest BCUT2D eigenvalue weighted by Crippen LogP contribution is -2.03. The van der Waals surface area contributed by atoms with E-state index >= 15 is 0 Å². The monoisotopic (exact) mass is 389 g/mol. The first kappa shape index (κ1) is 16.1. The van der Waals surface area contributed by atoms with Gasteiger partial charge in [0.25, 0.3) is 11.6 Å². The van der Waals surface area contributed by atoms with Gasteiger partial charge in [-0.25, -0.2) is 0 Å². The lowest BCUT2D eigenvalue weighted by atomic mass is 10.2. The number of rotatable bonds is 5. The standard InChI is InChI=1S/C16H12BrN3O4/c1-10(23-14-7-5-12(17)6-8-14)16-18-15(19-24-16)11-3-2-4-13(9-11)20(21)22/h2-10H,1H3. The van der Waals surface area contributed by atoms with Crippen LogP contribution in [0.5, 0.6) is 5.75 Å². The van der Waals surface area contributed by atoms with E-state index in [2.05, 4.69) is 26.1 Å². The zero-order chi connectivity index (χ0) is 17.1. The maximum Gasteiger partial charge on any atom is 0.270 e. The van der Waals surface area contributed by atoms with Gasteiger partial charge in [0, 0.05) is 22.2 Å². The molecule has 2 aromatic carbocycles. The van der Waals surface area contributed by atoms with Crippen molar-refractivity contribution < 1.29 is 14.2 Å². The Hall–Kier alpha value is -2.74. The predicted molar refractivity (Wildman–Crippen MR) is 89.6 cm³/mol. The second kappa shape index (κ2) is 6.79. The number of nitro benzene ring substituents is 1. The molecule has 1 aromatic heterocycles. The molecule has 0 bridgehead atoms. The molecule has 1 atom stereocenters. The number of hydrogen-bond acceptors (Lipinski definition) is 6. The summed E-state index contributed by atoms with van der Waals surface area (Å²) >= 11 is 3.36. The number of hydrogen-bond donors (Lipinski definition) is 0. The van der Waals surface area contributed by atoms with Crippen LogP contribution in [-0.2, 0) is 0 Å². The summed E-state index contributed by atoms with van der Waals surface area (Å²) < 4.78 is 11.9. The number of aromatic nitrogens is 2. The third kappa shape index (κ3) is 3.60. The maximum atomic E-state index is 10.8. The minimum Gasteiger partial charge on any atom is -0.481 e. The average molecular weight is 390 g/mol. The molecule has 0 amide bonds. The van der Waals surface area contributed by atoms with Gasteiger partial charge in [0.05, 0.1) is 4.92 Å². The molecule has 7 nitrogen and oxygen atoms in total. The van der Waals surface area contributed by atoms with Gasteiger partial charge in [-0.3, -0.25) is 10.1 Å². The number of ether oxygens (including phenoxy) is 1. The van der Waals surface area contributed by atoms with E-state index in [1.165, 1.54) is 12.1 Å². The number of non-ortho nitro benzene ring substituents is 1. The predicted octanol–water partition coefficient (Wildman–Crippen LogP) is 4.55. The van der Waals surface area contributed by atoms with Gasteiger partial charge in [-0.05, 0) is 31.2 Å². The molecule has 1 unspecified atom stereocenters. The van der Waals surface area contributed by atoms with E-state index in [1.54, 1.807) is 19.1 Å². The van der Waals surface area contributed by atoms with Crippen molar-refractivity contribution in [1.29, 1.82) is 0 Å². The van der Waals surface area contributed by atoms with Gasteiger partial charge in [0.2, 0.25) is 5.82 Å². The molecule has 0 aliphatic rings. The molecule has 0 radical (unpaired) electrons. The minimum absolute atomic E-state index is 0.0296. The number of nitro groups is 1. The van der Waals surface area contributed by atoms with Crippen LogP contribution in [0, 0.1) is 10.1 Å². The molecule has 0 aliphatic heterocycles. The molecule has 122 valence electrons. The van der Waals surface area contributed by atoms with E-state index in [1.807, 2.05) is 24.3 Å². The van der Waals surface area contributed by atoms with Gasteiger partial charge in [-0.2, -0.15) is 4.98 Å². The highest BCUT2D eigenvalue weighted by atomic mass is 79.9. The molecule has 0 aliphatic carbocycles. The molecule has 3 rings (SSSR count). The SMILES string of the molecule is CC(Oc1ccc(Br)cc1)c1nc(-c2cccc([N+](=O)[O-])c2)no1. The number of halogens is 1. The fourth-order valence-electron chi connectivity index (χ4n) is 2.04. The Labute approximate surface area is 145 Å². The Morgan fingerprint density at radius 1 is 1.25 bits per heavy atom. The van der Waals surface area contributed by atoms with Crippen molar-refractivity contribution >= 4 is 21.6 Å². The van der Waals surface area contributed by atoms with Crippen LogP contribution in [0.25, 0.3) is 11.4 Å². The van der Waals surface area contributed by atoms with Gasteiger partial charge in [-0.15, -0.1) is 0 Å². The minimum atomic E-state index is -0.468. The van der Waals surface area contributed by atoms with Crippen molar-refractivity contribution in [3.05, 3.63) is 69.0 Å². The summed E-state index contributed by atoms with van der Waals surface area (Å²) in [6.45, 7) is 1.78. The van der Waals surface area contributed by atoms with E-state index in [4.69, 9.17) is 9.26 Å². The number of nitrogens with zero attached hydrogens (tertiary/aromatic N) is 3. The molecule has 0 saturated carbocycles. The van der Waals surface area contributed by atoms with Crippen molar-refractivity contribution in [1.82, 2.24) is 10.1 Å². The van der Waals surface area contributed by atoms with Crippen LogP contribution < -0.4 is 4.74 Å². The fraction of sp³-hybridized carbons (Fsp3) is 0.125. The van der Waals surface area contributed by atoms with E-state index in [0.717, 1.165) is 4.47 Å². The second-order valence-corrected chi connectivity index (χ2v) is 5.89. The van der Waals surface area contributed by atoms with E-state index < -0.39 is 11.0 Å². The topological polar surface area (TPSA) is 91.3 Å². The van der Waals surface area contributed by atoms with Gasteiger partial charge in [0.15, 0.2) is 6.10 Å². The van der Waals surface area contributed by atoms with Gasteiger partial charge < -0.3 is 9.26 Å². The van der Waals surface area contributed by atoms with Crippen LogP contribution in [0.4, 0.5) is 5.69 Å². The summed E-state index contributed by atoms with van der Waals surface area (Å²) in [4.78, 5) is 14.6. The molecule has 0 fully saturated rings. The Morgan fingerprint density at radius 2 is 2.00 bits per heavy atom. The molecular weight excluding hydrogens is 378 g/mol. The fourth-order valence-corrected chi connectivity index (χ4v) is 2.31. The summed E-state index contributed by atoms with van der Waals surface area (Å²) in [6.07, 6.45) is -0.453. The first-order chi connectivity index (χ1) is 11.5. The summed E-state index contributed by atoms with van der Waals surface area (Å²) in [5.41, 5.74) is 0.480. The van der Waals surface area contributed by atoms with Crippen molar-refractivity contribution in [2.75, 3.05) is 0 Å². The molecule has 0 saturated heterocycles. The first-order valence-corrected chi connectivity index (χ1v) is 7.83. The maximum absolute atomic E-state index is 10.8. The highest BCUT2D eigenvalue weighted by Gasteiger charge is 2.18. The Bertz CT molecular complexity index is 864. The molecular formula is C16H12BrN3O4. The smallest absolute Gasteiger partial charge is 0.270 e. The zero-order valence-electron chi connectivity index (χ0n) is 12.5. The van der Waals surface area contributed by atoms with Crippen LogP contribution in [0.2, 0.25) is 0 Å². The van der Waals surface area contributed by atoms with Crippen LogP contribution in [0.1, 0.15) is 18.9 Å². The van der Waals surface area contributed by atoms with Crippen molar-refractivity contribution in [2.45, 2.75) is 13.0 Å². The average Bonchev–Trinajstić information content (AvgIpc) is 3.07. The van der Waals surface area contributed by atoms with E-state index in [-0.39, 0.29) is 11.5 Å². The van der Waals surface area contributed by atoms with Crippen molar-refractivity contribution in [3.8, 4) is 17.1 Å². The van der Waals surface area contributed by atoms with Crippen LogP contribution >= 0.6 is 15.9 Å². The van der Waals surface area contributed by atoms with Gasteiger partial charge in [0.1, 0.15) is 5.75 Å². The lowest BCUT2D eigenvalue weighted by Gasteiger charge is -2.10. The zero-order valence-corrected chi connectivity index (χ0v) is 14.1. The third-order valence-corrected chi connectivity index (χ3v) is 3.76. The third-order valence-electron chi connectivity index (χ3n) is 3.23. The quantitative estimate of drug-likeness (QED) is 0.469. The summed E-state index contributed by atoms with van der Waals surface area (Å²) in [6, 6.07) is 13.4. The summed E-state index contributed by atoms with van der Waals surface area (Å²) in [5.74, 6) is 1.24. The van der Waals surface area contributed by atoms with Gasteiger partial charge >= 0.3 is 0 Å². The highest BCUT2D eigenvalue weighted by Crippen LogP contribution is 2.25. The van der Waals surface area contributed by atoms with Crippen molar-refractivity contribution in [3.63, 3.8) is 0 Å². The molecule has 1 heterocycles. The van der Waals surface area contributed by atoms with Crippen LogP contribution in [0.3, 0.4) is 0 Å². The molecule has 8 heteroatoms. The van der Waals surface area contributed by atoms with Gasteiger partial charge in [-0.1, -0.05) is 33.2 Å². The Balaban J connectivity index is 1.78.